The molecule has 1 aliphatic rings. The molecule has 0 spiro atoms. The summed E-state index contributed by atoms with van der Waals surface area (Å²) in [5.41, 5.74) is 0.820. The first kappa shape index (κ1) is 20.0. The zero-order valence-electron chi connectivity index (χ0n) is 17.8. The van der Waals surface area contributed by atoms with Crippen molar-refractivity contribution in [2.24, 2.45) is 0 Å². The van der Waals surface area contributed by atoms with Crippen LogP contribution in [0.2, 0.25) is 0 Å². The monoisotopic (exact) mass is 412 g/mol. The average molecular weight is 413 g/mol. The van der Waals surface area contributed by atoms with Gasteiger partial charge in [0.15, 0.2) is 0 Å². The van der Waals surface area contributed by atoms with E-state index in [-0.39, 0.29) is 5.41 Å². The normalized spacial score (nSPS) is 15.3. The maximum Gasteiger partial charge on any atom is 0.140 e. The summed E-state index contributed by atoms with van der Waals surface area (Å²) in [5.74, 6) is 2.88. The molecule has 8 heteroatoms. The first-order valence-corrected chi connectivity index (χ1v) is 10.8. The van der Waals surface area contributed by atoms with Gasteiger partial charge in [-0.2, -0.15) is 0 Å². The van der Waals surface area contributed by atoms with Gasteiger partial charge in [-0.15, -0.1) is 11.3 Å². The predicted octanol–water partition coefficient (Wildman–Crippen LogP) is 3.56. The smallest absolute Gasteiger partial charge is 0.140 e. The molecule has 154 valence electrons. The SMILES string of the molecule is COCc1cc(N2CCN(c3ncnc4sc(C)cc34)CC2)nc(C(C)(C)C)n1. The third-order valence-electron chi connectivity index (χ3n) is 5.06. The Labute approximate surface area is 175 Å². The van der Waals surface area contributed by atoms with Crippen molar-refractivity contribution in [3.8, 4) is 0 Å². The first-order chi connectivity index (χ1) is 13.8. The van der Waals surface area contributed by atoms with Gasteiger partial charge in [-0.25, -0.2) is 19.9 Å². The van der Waals surface area contributed by atoms with Crippen LogP contribution in [0.5, 0.6) is 0 Å². The molecule has 29 heavy (non-hydrogen) atoms. The number of anilines is 2. The maximum absolute atomic E-state index is 5.33. The molecule has 1 aliphatic heterocycles. The van der Waals surface area contributed by atoms with Gasteiger partial charge in [0.1, 0.15) is 28.6 Å². The fourth-order valence-electron chi connectivity index (χ4n) is 3.57. The Hall–Kier alpha value is -2.32. The summed E-state index contributed by atoms with van der Waals surface area (Å²) in [6, 6.07) is 4.25. The highest BCUT2D eigenvalue weighted by Gasteiger charge is 2.24. The maximum atomic E-state index is 5.33. The lowest BCUT2D eigenvalue weighted by Gasteiger charge is -2.36. The number of thiophene rings is 1. The second-order valence-corrected chi connectivity index (χ2v) is 9.71. The van der Waals surface area contributed by atoms with E-state index in [2.05, 4.69) is 59.6 Å². The van der Waals surface area contributed by atoms with Gasteiger partial charge in [0.2, 0.25) is 0 Å². The fraction of sp³-hybridized carbons (Fsp3) is 0.524. The molecule has 0 saturated carbocycles. The predicted molar refractivity (Wildman–Crippen MR) is 118 cm³/mol. The third-order valence-corrected chi connectivity index (χ3v) is 6.02. The van der Waals surface area contributed by atoms with Crippen LogP contribution >= 0.6 is 11.3 Å². The standard InChI is InChI=1S/C21H28N6OS/c1-14-10-16-18(22-13-23-19(16)29-14)27-8-6-26(7-9-27)17-11-15(12-28-5)24-20(25-17)21(2,3)4/h10-11,13H,6-9,12H2,1-5H3. The van der Waals surface area contributed by atoms with Crippen LogP contribution in [-0.2, 0) is 16.8 Å². The van der Waals surface area contributed by atoms with Gasteiger partial charge in [-0.1, -0.05) is 20.8 Å². The van der Waals surface area contributed by atoms with E-state index in [1.165, 1.54) is 4.88 Å². The Morgan fingerprint density at radius 1 is 1.03 bits per heavy atom. The number of rotatable bonds is 4. The Balaban J connectivity index is 1.55. The van der Waals surface area contributed by atoms with E-state index in [0.29, 0.717) is 6.61 Å². The Morgan fingerprint density at radius 2 is 1.76 bits per heavy atom. The van der Waals surface area contributed by atoms with E-state index in [9.17, 15) is 0 Å². The lowest BCUT2D eigenvalue weighted by Crippen LogP contribution is -2.47. The van der Waals surface area contributed by atoms with Crippen LogP contribution in [0.25, 0.3) is 10.2 Å². The molecule has 3 aromatic rings. The number of piperazine rings is 1. The van der Waals surface area contributed by atoms with Gasteiger partial charge in [-0.3, -0.25) is 0 Å². The highest BCUT2D eigenvalue weighted by atomic mass is 32.1. The molecular weight excluding hydrogens is 384 g/mol. The van der Waals surface area contributed by atoms with Crippen molar-refractivity contribution in [3.63, 3.8) is 0 Å². The van der Waals surface area contributed by atoms with Crippen LogP contribution in [0, 0.1) is 6.92 Å². The molecule has 4 heterocycles. The molecular formula is C21H28N6OS. The van der Waals surface area contributed by atoms with Crippen molar-refractivity contribution in [2.75, 3.05) is 43.1 Å². The summed E-state index contributed by atoms with van der Waals surface area (Å²) >= 11 is 1.72. The van der Waals surface area contributed by atoms with Crippen molar-refractivity contribution >= 4 is 33.2 Å². The number of aryl methyl sites for hydroxylation is 1. The number of fused-ring (bicyclic) bond motifs is 1. The van der Waals surface area contributed by atoms with E-state index in [1.54, 1.807) is 24.8 Å². The van der Waals surface area contributed by atoms with Gasteiger partial charge in [0, 0.05) is 49.6 Å². The molecule has 3 aromatic heterocycles. The average Bonchev–Trinajstić information content (AvgIpc) is 3.07. The van der Waals surface area contributed by atoms with Gasteiger partial charge in [0.05, 0.1) is 17.7 Å². The lowest BCUT2D eigenvalue weighted by atomic mass is 9.95. The third kappa shape index (κ3) is 4.18. The molecule has 0 bridgehead atoms. The van der Waals surface area contributed by atoms with Crippen LogP contribution in [0.4, 0.5) is 11.6 Å². The van der Waals surface area contributed by atoms with Crippen LogP contribution in [0.1, 0.15) is 37.2 Å². The molecule has 0 radical (unpaired) electrons. The van der Waals surface area contributed by atoms with E-state index in [4.69, 9.17) is 14.7 Å². The second kappa shape index (κ2) is 7.84. The number of hydrogen-bond acceptors (Lipinski definition) is 8. The second-order valence-electron chi connectivity index (χ2n) is 8.47. The molecule has 0 unspecified atom stereocenters. The highest BCUT2D eigenvalue weighted by molar-refractivity contribution is 7.18. The number of nitrogens with zero attached hydrogens (tertiary/aromatic N) is 6. The van der Waals surface area contributed by atoms with Crippen molar-refractivity contribution in [2.45, 2.75) is 39.7 Å². The van der Waals surface area contributed by atoms with Crippen molar-refractivity contribution in [1.82, 2.24) is 19.9 Å². The summed E-state index contributed by atoms with van der Waals surface area (Å²) in [7, 11) is 1.70. The highest BCUT2D eigenvalue weighted by Crippen LogP contribution is 2.31. The Morgan fingerprint density at radius 3 is 2.45 bits per heavy atom. The lowest BCUT2D eigenvalue weighted by molar-refractivity contribution is 0.181. The topological polar surface area (TPSA) is 67.3 Å². The minimum absolute atomic E-state index is 0.107. The molecule has 7 nitrogen and oxygen atoms in total. The van der Waals surface area contributed by atoms with E-state index >= 15 is 0 Å². The zero-order valence-corrected chi connectivity index (χ0v) is 18.6. The van der Waals surface area contributed by atoms with Gasteiger partial charge in [-0.05, 0) is 13.0 Å². The van der Waals surface area contributed by atoms with Crippen molar-refractivity contribution < 1.29 is 4.74 Å². The number of methoxy groups -OCH3 is 1. The number of aromatic nitrogens is 4. The minimum atomic E-state index is -0.107. The summed E-state index contributed by atoms with van der Waals surface area (Å²) in [5, 5.41) is 1.16. The summed E-state index contributed by atoms with van der Waals surface area (Å²) in [6.45, 7) is 12.6. The molecule has 1 fully saturated rings. The molecule has 1 saturated heterocycles. The van der Waals surface area contributed by atoms with Crippen LogP contribution in [0.3, 0.4) is 0 Å². The Kier molecular flexibility index (Phi) is 5.40. The fourth-order valence-corrected chi connectivity index (χ4v) is 4.41. The summed E-state index contributed by atoms with van der Waals surface area (Å²) in [6.07, 6.45) is 1.68. The molecule has 0 N–H and O–H groups in total. The summed E-state index contributed by atoms with van der Waals surface area (Å²) in [4.78, 5) is 25.6. The molecule has 0 aliphatic carbocycles. The van der Waals surface area contributed by atoms with Gasteiger partial charge >= 0.3 is 0 Å². The zero-order chi connectivity index (χ0) is 20.6. The number of ether oxygens (including phenoxy) is 1. The van der Waals surface area contributed by atoms with Crippen LogP contribution in [0.15, 0.2) is 18.5 Å². The quantitative estimate of drug-likeness (QED) is 0.649. The van der Waals surface area contributed by atoms with E-state index in [1.807, 2.05) is 0 Å². The van der Waals surface area contributed by atoms with Crippen LogP contribution in [-0.4, -0.2) is 53.2 Å². The largest absolute Gasteiger partial charge is 0.378 e. The van der Waals surface area contributed by atoms with Crippen molar-refractivity contribution in [3.05, 3.63) is 34.9 Å². The molecule has 0 atom stereocenters. The Bertz CT molecular complexity index is 1000. The first-order valence-electron chi connectivity index (χ1n) is 9.93. The minimum Gasteiger partial charge on any atom is -0.378 e. The summed E-state index contributed by atoms with van der Waals surface area (Å²) < 4.78 is 5.33. The molecule has 0 amide bonds. The molecule has 0 aromatic carbocycles. The van der Waals surface area contributed by atoms with Gasteiger partial charge in [0.25, 0.3) is 0 Å². The van der Waals surface area contributed by atoms with Gasteiger partial charge < -0.3 is 14.5 Å². The van der Waals surface area contributed by atoms with E-state index < -0.39 is 0 Å². The number of hydrogen-bond donors (Lipinski definition) is 0. The van der Waals surface area contributed by atoms with Crippen molar-refractivity contribution in [1.29, 1.82) is 0 Å². The van der Waals surface area contributed by atoms with Crippen LogP contribution < -0.4 is 9.80 Å². The molecule has 4 rings (SSSR count). The van der Waals surface area contributed by atoms with E-state index in [0.717, 1.165) is 59.5 Å².